The number of thioether (sulfide) groups is 1. The number of hydrogen-bond acceptors (Lipinski definition) is 4. The van der Waals surface area contributed by atoms with Gasteiger partial charge in [-0.15, -0.1) is 0 Å². The normalized spacial score (nSPS) is 11.2. The average Bonchev–Trinajstić information content (AvgIpc) is 3.36. The molecule has 0 saturated carbocycles. The zero-order valence-electron chi connectivity index (χ0n) is 20.2. The van der Waals surface area contributed by atoms with Crippen LogP contribution in [0, 0.1) is 6.92 Å². The molecule has 0 aliphatic heterocycles. The topological polar surface area (TPSA) is 55.1 Å². The molecular formula is C31H28N2O2S. The second-order valence-corrected chi connectivity index (χ2v) is 9.74. The van der Waals surface area contributed by atoms with Gasteiger partial charge in [0.25, 0.3) is 11.1 Å². The summed E-state index contributed by atoms with van der Waals surface area (Å²) < 4.78 is 5.87. The molecule has 5 aromatic rings. The molecule has 0 saturated heterocycles. The van der Waals surface area contributed by atoms with Crippen LogP contribution in [0.5, 0.6) is 0 Å². The summed E-state index contributed by atoms with van der Waals surface area (Å²) >= 11 is 1.54. The van der Waals surface area contributed by atoms with Gasteiger partial charge >= 0.3 is 0 Å². The third kappa shape index (κ3) is 5.69. The Morgan fingerprint density at radius 1 is 0.889 bits per heavy atom. The number of benzene rings is 4. The van der Waals surface area contributed by atoms with Gasteiger partial charge in [-0.05, 0) is 53.8 Å². The summed E-state index contributed by atoms with van der Waals surface area (Å²) in [4.78, 5) is 17.5. The number of nitrogens with zero attached hydrogens (tertiary/aromatic N) is 1. The van der Waals surface area contributed by atoms with Crippen LogP contribution >= 0.6 is 11.8 Å². The summed E-state index contributed by atoms with van der Waals surface area (Å²) in [5.74, 6) is 0.853. The monoisotopic (exact) mass is 492 g/mol. The summed E-state index contributed by atoms with van der Waals surface area (Å²) in [5.41, 5.74) is 7.03. The summed E-state index contributed by atoms with van der Waals surface area (Å²) in [5, 5.41) is 3.76. The number of hydrogen-bond donors (Lipinski definition) is 1. The van der Waals surface area contributed by atoms with Gasteiger partial charge in [-0.2, -0.15) is 0 Å². The highest BCUT2D eigenvalue weighted by molar-refractivity contribution is 7.98. The van der Waals surface area contributed by atoms with Crippen molar-refractivity contribution in [3.05, 3.63) is 131 Å². The molecule has 36 heavy (non-hydrogen) atoms. The molecule has 0 bridgehead atoms. The van der Waals surface area contributed by atoms with Gasteiger partial charge in [-0.3, -0.25) is 4.79 Å². The van der Waals surface area contributed by atoms with Gasteiger partial charge in [0.1, 0.15) is 5.52 Å². The Kier molecular flexibility index (Phi) is 7.48. The van der Waals surface area contributed by atoms with E-state index in [4.69, 9.17) is 4.42 Å². The first-order valence-corrected chi connectivity index (χ1v) is 13.1. The van der Waals surface area contributed by atoms with Crippen LogP contribution in [0.15, 0.2) is 113 Å². The minimum absolute atomic E-state index is 0.0563. The van der Waals surface area contributed by atoms with E-state index in [2.05, 4.69) is 58.8 Å². The third-order valence-corrected chi connectivity index (χ3v) is 7.17. The van der Waals surface area contributed by atoms with E-state index in [1.165, 1.54) is 22.9 Å². The SMILES string of the molecule is Cc1cccc2oc(SCc3cccc(C(=O)NCCC(c4ccccc4)c4ccccc4)c3)nc12. The summed E-state index contributed by atoms with van der Waals surface area (Å²) in [6.45, 7) is 2.62. The largest absolute Gasteiger partial charge is 0.431 e. The maximum Gasteiger partial charge on any atom is 0.257 e. The van der Waals surface area contributed by atoms with Crippen molar-refractivity contribution in [1.82, 2.24) is 10.3 Å². The molecule has 1 heterocycles. The van der Waals surface area contributed by atoms with Gasteiger partial charge in [-0.25, -0.2) is 4.98 Å². The Morgan fingerprint density at radius 2 is 1.58 bits per heavy atom. The Labute approximate surface area is 215 Å². The number of aryl methyl sites for hydroxylation is 1. The van der Waals surface area contributed by atoms with Crippen LogP contribution in [0.25, 0.3) is 11.1 Å². The minimum Gasteiger partial charge on any atom is -0.431 e. The lowest BCUT2D eigenvalue weighted by atomic mass is 9.88. The lowest BCUT2D eigenvalue weighted by Crippen LogP contribution is -2.26. The van der Waals surface area contributed by atoms with Gasteiger partial charge in [-0.1, -0.05) is 96.7 Å². The third-order valence-electron chi connectivity index (χ3n) is 6.28. The fourth-order valence-corrected chi connectivity index (χ4v) is 5.18. The number of rotatable bonds is 9. The van der Waals surface area contributed by atoms with Crippen molar-refractivity contribution < 1.29 is 9.21 Å². The molecule has 0 radical (unpaired) electrons. The van der Waals surface area contributed by atoms with Gasteiger partial charge in [0.05, 0.1) is 0 Å². The first kappa shape index (κ1) is 23.9. The van der Waals surface area contributed by atoms with E-state index in [1.54, 1.807) is 0 Å². The predicted octanol–water partition coefficient (Wildman–Crippen LogP) is 7.38. The zero-order chi connectivity index (χ0) is 24.7. The molecule has 0 atom stereocenters. The fraction of sp³-hybridized carbons (Fsp3) is 0.161. The van der Waals surface area contributed by atoms with E-state index < -0.39 is 0 Å². The van der Waals surface area contributed by atoms with Crippen LogP contribution in [-0.2, 0) is 5.75 Å². The van der Waals surface area contributed by atoms with E-state index in [0.29, 0.717) is 23.1 Å². The lowest BCUT2D eigenvalue weighted by Gasteiger charge is -2.18. The van der Waals surface area contributed by atoms with Crippen LogP contribution in [-0.4, -0.2) is 17.4 Å². The molecule has 0 spiro atoms. The van der Waals surface area contributed by atoms with Gasteiger partial charge in [0.2, 0.25) is 0 Å². The van der Waals surface area contributed by atoms with Crippen molar-refractivity contribution in [1.29, 1.82) is 0 Å². The number of para-hydroxylation sites is 1. The maximum atomic E-state index is 12.9. The highest BCUT2D eigenvalue weighted by atomic mass is 32.2. The smallest absolute Gasteiger partial charge is 0.257 e. The van der Waals surface area contributed by atoms with Crippen molar-refractivity contribution in [2.24, 2.45) is 0 Å². The van der Waals surface area contributed by atoms with Gasteiger partial charge in [0.15, 0.2) is 5.58 Å². The highest BCUT2D eigenvalue weighted by Crippen LogP contribution is 2.29. The van der Waals surface area contributed by atoms with Crippen LogP contribution in [0.3, 0.4) is 0 Å². The molecular weight excluding hydrogens is 464 g/mol. The summed E-state index contributed by atoms with van der Waals surface area (Å²) in [6, 6.07) is 34.6. The van der Waals surface area contributed by atoms with E-state index >= 15 is 0 Å². The molecule has 180 valence electrons. The predicted molar refractivity (Wildman–Crippen MR) is 146 cm³/mol. The van der Waals surface area contributed by atoms with E-state index in [-0.39, 0.29) is 11.8 Å². The molecule has 0 aliphatic carbocycles. The quantitative estimate of drug-likeness (QED) is 0.218. The number of oxazole rings is 1. The van der Waals surface area contributed by atoms with Crippen LogP contribution in [0.4, 0.5) is 0 Å². The number of nitrogens with one attached hydrogen (secondary N) is 1. The molecule has 5 heteroatoms. The summed E-state index contributed by atoms with van der Waals surface area (Å²) in [7, 11) is 0. The number of aromatic nitrogens is 1. The molecule has 1 amide bonds. The lowest BCUT2D eigenvalue weighted by molar-refractivity contribution is 0.0952. The fourth-order valence-electron chi connectivity index (χ4n) is 4.40. The van der Waals surface area contributed by atoms with Crippen molar-refractivity contribution in [2.45, 2.75) is 30.2 Å². The van der Waals surface area contributed by atoms with E-state index in [1.807, 2.05) is 61.5 Å². The van der Waals surface area contributed by atoms with Gasteiger partial charge < -0.3 is 9.73 Å². The molecule has 1 N–H and O–H groups in total. The molecule has 0 unspecified atom stereocenters. The Balaban J connectivity index is 1.20. The van der Waals surface area contributed by atoms with Crippen LogP contribution in [0.1, 0.15) is 45.0 Å². The van der Waals surface area contributed by atoms with Gasteiger partial charge in [0, 0.05) is 23.8 Å². The number of amides is 1. The molecule has 4 aromatic carbocycles. The minimum atomic E-state index is -0.0563. The second-order valence-electron chi connectivity index (χ2n) is 8.81. The average molecular weight is 493 g/mol. The van der Waals surface area contributed by atoms with E-state index in [0.717, 1.165) is 28.6 Å². The van der Waals surface area contributed by atoms with Crippen LogP contribution in [0.2, 0.25) is 0 Å². The van der Waals surface area contributed by atoms with Crippen LogP contribution < -0.4 is 5.32 Å². The van der Waals surface area contributed by atoms with Crippen molar-refractivity contribution in [2.75, 3.05) is 6.54 Å². The Hall–Kier alpha value is -3.83. The van der Waals surface area contributed by atoms with Crippen molar-refractivity contribution in [3.63, 3.8) is 0 Å². The standard InChI is InChI=1S/C31H28N2O2S/c1-22-10-8-17-28-29(22)33-31(35-28)36-21-23-11-9-16-26(20-23)30(34)32-19-18-27(24-12-4-2-5-13-24)25-14-6-3-7-15-25/h2-17,20,27H,18-19,21H2,1H3,(H,32,34). The number of carbonyl (C=O) groups is 1. The Bertz CT molecular complexity index is 1410. The zero-order valence-corrected chi connectivity index (χ0v) is 21.0. The molecule has 1 aromatic heterocycles. The first-order chi connectivity index (χ1) is 17.7. The van der Waals surface area contributed by atoms with E-state index in [9.17, 15) is 4.79 Å². The summed E-state index contributed by atoms with van der Waals surface area (Å²) in [6.07, 6.45) is 0.826. The van der Waals surface area contributed by atoms with Crippen molar-refractivity contribution >= 4 is 28.8 Å². The number of fused-ring (bicyclic) bond motifs is 1. The molecule has 4 nitrogen and oxygen atoms in total. The first-order valence-electron chi connectivity index (χ1n) is 12.1. The molecule has 0 fully saturated rings. The van der Waals surface area contributed by atoms with Crippen molar-refractivity contribution in [3.8, 4) is 0 Å². The maximum absolute atomic E-state index is 12.9. The Morgan fingerprint density at radius 3 is 2.28 bits per heavy atom. The molecule has 5 rings (SSSR count). The highest BCUT2D eigenvalue weighted by Gasteiger charge is 2.15. The number of carbonyl (C=O) groups excluding carboxylic acids is 1. The second kappa shape index (κ2) is 11.3. The molecule has 0 aliphatic rings.